The minimum atomic E-state index is -4.29. The minimum absolute atomic E-state index is 0.0148. The first-order chi connectivity index (χ1) is 13.6. The first kappa shape index (κ1) is 22.9. The molecule has 1 heterocycles. The molecule has 0 spiro atoms. The Morgan fingerprint density at radius 1 is 1.24 bits per heavy atom. The van der Waals surface area contributed by atoms with Gasteiger partial charge in [0.15, 0.2) is 0 Å². The van der Waals surface area contributed by atoms with Crippen molar-refractivity contribution in [2.75, 3.05) is 26.2 Å². The third-order valence-electron chi connectivity index (χ3n) is 4.72. The van der Waals surface area contributed by atoms with Gasteiger partial charge < -0.3 is 21.4 Å². The highest BCUT2D eigenvalue weighted by Gasteiger charge is 2.31. The van der Waals surface area contributed by atoms with Gasteiger partial charge in [0.1, 0.15) is 17.5 Å². The van der Waals surface area contributed by atoms with Crippen molar-refractivity contribution >= 4 is 11.7 Å². The van der Waals surface area contributed by atoms with Gasteiger partial charge in [0, 0.05) is 32.1 Å². The molecule has 0 saturated carbocycles. The van der Waals surface area contributed by atoms with E-state index in [0.29, 0.717) is 0 Å². The summed E-state index contributed by atoms with van der Waals surface area (Å²) < 4.78 is 64.1. The fraction of sp³-hybridized carbons (Fsp3) is 0.556. The topological polar surface area (TPSA) is 87.9 Å². The third-order valence-corrected chi connectivity index (χ3v) is 4.72. The lowest BCUT2D eigenvalue weighted by Crippen LogP contribution is -2.53. The van der Waals surface area contributed by atoms with Gasteiger partial charge in [-0.05, 0) is 36.6 Å². The molecule has 1 saturated heterocycles. The van der Waals surface area contributed by atoms with E-state index in [-0.39, 0.29) is 62.7 Å². The van der Waals surface area contributed by atoms with Gasteiger partial charge in [-0.3, -0.25) is 4.79 Å². The number of hydrogen-bond donors (Lipinski definition) is 2. The molecular formula is C18H24F5N5O. The molecule has 1 aliphatic rings. The smallest absolute Gasteiger partial charge is 0.355 e. The van der Waals surface area contributed by atoms with Gasteiger partial charge in [-0.2, -0.15) is 18.3 Å². The monoisotopic (exact) mass is 421 g/mol. The number of alkyl halides is 3. The van der Waals surface area contributed by atoms with Crippen LogP contribution in [0.25, 0.3) is 0 Å². The second-order valence-corrected chi connectivity index (χ2v) is 6.95. The summed E-state index contributed by atoms with van der Waals surface area (Å²) in [6.45, 7) is 0.175. The maximum absolute atomic E-state index is 13.7. The lowest BCUT2D eigenvalue weighted by Gasteiger charge is -2.37. The quantitative estimate of drug-likeness (QED) is 0.400. The average molecular weight is 421 g/mol. The molecule has 1 amide bonds. The summed E-state index contributed by atoms with van der Waals surface area (Å²) in [5.41, 5.74) is 6.08. The number of amides is 1. The van der Waals surface area contributed by atoms with Crippen molar-refractivity contribution in [1.29, 1.82) is 0 Å². The van der Waals surface area contributed by atoms with E-state index < -0.39 is 30.3 Å². The summed E-state index contributed by atoms with van der Waals surface area (Å²) in [5, 5.41) is 3.51. The van der Waals surface area contributed by atoms with E-state index in [4.69, 9.17) is 11.6 Å². The molecular weight excluding hydrogens is 397 g/mol. The average Bonchev–Trinajstić information content (AvgIpc) is 2.66. The Kier molecular flexibility index (Phi) is 7.77. The zero-order chi connectivity index (χ0) is 21.6. The van der Waals surface area contributed by atoms with Crippen LogP contribution >= 0.6 is 0 Å². The van der Waals surface area contributed by atoms with Crippen molar-refractivity contribution in [3.05, 3.63) is 35.4 Å². The second kappa shape index (κ2) is 9.86. The molecule has 0 aromatic heterocycles. The molecule has 0 bridgehead atoms. The van der Waals surface area contributed by atoms with Gasteiger partial charge in [-0.15, -0.1) is 0 Å². The molecule has 0 unspecified atom stereocenters. The zero-order valence-electron chi connectivity index (χ0n) is 15.8. The number of rotatable bonds is 7. The Morgan fingerprint density at radius 3 is 2.62 bits per heavy atom. The minimum Gasteiger partial charge on any atom is -0.355 e. The van der Waals surface area contributed by atoms with E-state index in [1.54, 1.807) is 0 Å². The van der Waals surface area contributed by atoms with Crippen LogP contribution in [-0.2, 0) is 11.2 Å². The van der Waals surface area contributed by atoms with E-state index in [9.17, 15) is 26.7 Å². The van der Waals surface area contributed by atoms with Gasteiger partial charge in [0.25, 0.3) is 0 Å². The van der Waals surface area contributed by atoms with Crippen LogP contribution in [0, 0.1) is 11.6 Å². The molecule has 1 fully saturated rings. The van der Waals surface area contributed by atoms with Crippen LogP contribution < -0.4 is 11.6 Å². The van der Waals surface area contributed by atoms with E-state index in [0.717, 1.165) is 18.2 Å². The Morgan fingerprint density at radius 2 is 1.97 bits per heavy atom. The van der Waals surface area contributed by atoms with Crippen LogP contribution in [0.5, 0.6) is 0 Å². The molecule has 6 nitrogen and oxygen atoms in total. The molecule has 1 aliphatic heterocycles. The number of benzene rings is 1. The van der Waals surface area contributed by atoms with Crippen LogP contribution in [0.1, 0.15) is 24.8 Å². The highest BCUT2D eigenvalue weighted by atomic mass is 19.4. The predicted octanol–water partition coefficient (Wildman–Crippen LogP) is 1.98. The standard InChI is InChI=1S/C18H24F5N5O/c19-13-1-3-15(20)12(9-13)10-14(24)2-4-17(29)28-8-7-27(16(11-28)26-25)6-5-18(21,22)23/h1,3,9,14H,2,4-8,10-11,24-25H2/b26-16-/t14-/m0/s1. The second-order valence-electron chi connectivity index (χ2n) is 6.95. The largest absolute Gasteiger partial charge is 0.390 e. The summed E-state index contributed by atoms with van der Waals surface area (Å²) >= 11 is 0. The molecule has 0 radical (unpaired) electrons. The molecule has 1 aromatic carbocycles. The van der Waals surface area contributed by atoms with Crippen molar-refractivity contribution < 1.29 is 26.7 Å². The molecule has 1 aromatic rings. The Hall–Kier alpha value is -2.43. The molecule has 1 atom stereocenters. The van der Waals surface area contributed by atoms with Gasteiger partial charge in [-0.25, -0.2) is 8.78 Å². The first-order valence-corrected chi connectivity index (χ1v) is 9.15. The van der Waals surface area contributed by atoms with Crippen LogP contribution in [0.15, 0.2) is 23.3 Å². The summed E-state index contributed by atoms with van der Waals surface area (Å²) in [6.07, 6.45) is -4.89. The lowest BCUT2D eigenvalue weighted by molar-refractivity contribution is -0.138. The third kappa shape index (κ3) is 7.15. The maximum Gasteiger partial charge on any atom is 0.390 e. The van der Waals surface area contributed by atoms with E-state index in [2.05, 4.69) is 5.10 Å². The van der Waals surface area contributed by atoms with Crippen molar-refractivity contribution in [3.63, 3.8) is 0 Å². The number of hydrogen-bond acceptors (Lipinski definition) is 4. The van der Waals surface area contributed by atoms with Crippen molar-refractivity contribution in [2.45, 2.75) is 37.9 Å². The summed E-state index contributed by atoms with van der Waals surface area (Å²) in [5.74, 6) is 4.10. The molecule has 29 heavy (non-hydrogen) atoms. The molecule has 2 rings (SSSR count). The van der Waals surface area contributed by atoms with Crippen LogP contribution in [0.3, 0.4) is 0 Å². The SMILES string of the molecule is N/N=C1/CN(C(=O)CC[C@H](N)Cc2cc(F)ccc2F)CCN1CCC(F)(F)F. The van der Waals surface area contributed by atoms with E-state index in [1.165, 1.54) is 9.80 Å². The normalized spacial score (nSPS) is 17.7. The van der Waals surface area contributed by atoms with Gasteiger partial charge >= 0.3 is 6.18 Å². The fourth-order valence-corrected chi connectivity index (χ4v) is 3.11. The number of nitrogens with two attached hydrogens (primary N) is 2. The Labute approximate surface area is 165 Å². The number of hydrazone groups is 1. The van der Waals surface area contributed by atoms with Gasteiger partial charge in [0.05, 0.1) is 13.0 Å². The Bertz CT molecular complexity index is 740. The van der Waals surface area contributed by atoms with Gasteiger partial charge in [0.2, 0.25) is 5.91 Å². The van der Waals surface area contributed by atoms with Crippen LogP contribution in [-0.4, -0.2) is 59.9 Å². The number of nitrogens with zero attached hydrogens (tertiary/aromatic N) is 3. The Balaban J connectivity index is 1.83. The molecule has 162 valence electrons. The number of carbonyl (C=O) groups excluding carboxylic acids is 1. The highest BCUT2D eigenvalue weighted by molar-refractivity contribution is 5.89. The van der Waals surface area contributed by atoms with Crippen molar-refractivity contribution in [2.24, 2.45) is 16.7 Å². The van der Waals surface area contributed by atoms with Crippen LogP contribution in [0.2, 0.25) is 0 Å². The molecule has 4 N–H and O–H groups in total. The maximum atomic E-state index is 13.7. The van der Waals surface area contributed by atoms with Crippen molar-refractivity contribution in [3.8, 4) is 0 Å². The zero-order valence-corrected chi connectivity index (χ0v) is 15.8. The number of carbonyl (C=O) groups is 1. The van der Waals surface area contributed by atoms with Gasteiger partial charge in [-0.1, -0.05) is 0 Å². The summed E-state index contributed by atoms with van der Waals surface area (Å²) in [7, 11) is 0. The number of halogens is 5. The predicted molar refractivity (Wildman–Crippen MR) is 97.7 cm³/mol. The van der Waals surface area contributed by atoms with E-state index >= 15 is 0 Å². The summed E-state index contributed by atoms with van der Waals surface area (Å²) in [4.78, 5) is 15.3. The number of piperazine rings is 1. The molecule has 0 aliphatic carbocycles. The first-order valence-electron chi connectivity index (χ1n) is 9.15. The molecule has 11 heteroatoms. The van der Waals surface area contributed by atoms with E-state index in [1.807, 2.05) is 0 Å². The fourth-order valence-electron chi connectivity index (χ4n) is 3.11. The van der Waals surface area contributed by atoms with Crippen LogP contribution in [0.4, 0.5) is 22.0 Å². The van der Waals surface area contributed by atoms with Crippen molar-refractivity contribution in [1.82, 2.24) is 9.80 Å². The number of amidine groups is 1. The highest BCUT2D eigenvalue weighted by Crippen LogP contribution is 2.21. The summed E-state index contributed by atoms with van der Waals surface area (Å²) in [6, 6.07) is 2.56. The lowest BCUT2D eigenvalue weighted by atomic mass is 10.0.